The molecule has 5 heteroatoms. The largest absolute Gasteiger partial charge is 0.497 e. The fourth-order valence-electron chi connectivity index (χ4n) is 3.55. The minimum absolute atomic E-state index is 0.0394. The molecule has 3 rings (SSSR count). The van der Waals surface area contributed by atoms with E-state index in [1.165, 1.54) is 0 Å². The second-order valence-corrected chi connectivity index (χ2v) is 6.77. The molecule has 0 saturated carbocycles. The van der Waals surface area contributed by atoms with Gasteiger partial charge in [-0.1, -0.05) is 72.8 Å². The molecule has 0 radical (unpaired) electrons. The van der Waals surface area contributed by atoms with Crippen LogP contribution in [-0.4, -0.2) is 18.8 Å². The fraction of sp³-hybridized carbons (Fsp3) is 0.167. The Hall–Kier alpha value is -3.44. The number of rotatable bonds is 8. The third-order valence-electron chi connectivity index (χ3n) is 5.01. The molecule has 0 aliphatic rings. The predicted octanol–water partition coefficient (Wildman–Crippen LogP) is 3.83. The van der Waals surface area contributed by atoms with E-state index < -0.39 is 5.92 Å². The maximum atomic E-state index is 13.6. The first-order valence-electron chi connectivity index (χ1n) is 9.41. The first kappa shape index (κ1) is 20.3. The number of hydrogen-bond donors (Lipinski definition) is 2. The van der Waals surface area contributed by atoms with Gasteiger partial charge in [0.05, 0.1) is 13.0 Å². The lowest BCUT2D eigenvalue weighted by atomic mass is 9.75. The van der Waals surface area contributed by atoms with Gasteiger partial charge in [0, 0.05) is 17.9 Å². The van der Waals surface area contributed by atoms with E-state index in [1.54, 1.807) is 19.2 Å². The third kappa shape index (κ3) is 4.89. The standard InChI is InChI=1S/C24H24N2O3/c1-29-20-14-12-17(13-15-20)21(16-22(27)26-25)23(18-8-4-2-5-9-18)24(28)19-10-6-3-7-11-19/h2-15,21,23H,16,25H2,1H3,(H,26,27). The fourth-order valence-corrected chi connectivity index (χ4v) is 3.55. The number of amides is 1. The van der Waals surface area contributed by atoms with E-state index >= 15 is 0 Å². The van der Waals surface area contributed by atoms with Gasteiger partial charge < -0.3 is 4.74 Å². The van der Waals surface area contributed by atoms with Gasteiger partial charge in [-0.3, -0.25) is 15.0 Å². The predicted molar refractivity (Wildman–Crippen MR) is 113 cm³/mol. The zero-order valence-electron chi connectivity index (χ0n) is 16.2. The van der Waals surface area contributed by atoms with Gasteiger partial charge in [-0.2, -0.15) is 0 Å². The van der Waals surface area contributed by atoms with Gasteiger partial charge >= 0.3 is 0 Å². The molecule has 1 amide bonds. The Bertz CT molecular complexity index is 941. The van der Waals surface area contributed by atoms with Crippen LogP contribution in [0.15, 0.2) is 84.9 Å². The SMILES string of the molecule is COc1ccc(C(CC(=O)NN)C(C(=O)c2ccccc2)c2ccccc2)cc1. The Kier molecular flexibility index (Phi) is 6.76. The van der Waals surface area contributed by atoms with E-state index in [0.717, 1.165) is 11.1 Å². The van der Waals surface area contributed by atoms with E-state index in [0.29, 0.717) is 11.3 Å². The van der Waals surface area contributed by atoms with Crippen molar-refractivity contribution in [2.45, 2.75) is 18.3 Å². The van der Waals surface area contributed by atoms with E-state index in [4.69, 9.17) is 10.6 Å². The quantitative estimate of drug-likeness (QED) is 0.266. The molecule has 0 fully saturated rings. The Labute approximate surface area is 170 Å². The second-order valence-electron chi connectivity index (χ2n) is 6.77. The summed E-state index contributed by atoms with van der Waals surface area (Å²) >= 11 is 0. The number of Topliss-reactive ketones (excluding diaryl/α,β-unsaturated/α-hetero) is 1. The van der Waals surface area contributed by atoms with E-state index in [2.05, 4.69) is 5.43 Å². The van der Waals surface area contributed by atoms with Crippen LogP contribution in [0.2, 0.25) is 0 Å². The Morgan fingerprint density at radius 3 is 2.00 bits per heavy atom. The van der Waals surface area contributed by atoms with Crippen LogP contribution in [0.1, 0.15) is 39.7 Å². The van der Waals surface area contributed by atoms with Crippen molar-refractivity contribution >= 4 is 11.7 Å². The summed E-state index contributed by atoms with van der Waals surface area (Å²) < 4.78 is 5.25. The maximum Gasteiger partial charge on any atom is 0.234 e. The summed E-state index contributed by atoms with van der Waals surface area (Å²) in [5, 5.41) is 0. The molecule has 3 N–H and O–H groups in total. The number of nitrogens with two attached hydrogens (primary N) is 1. The summed E-state index contributed by atoms with van der Waals surface area (Å²) in [5.74, 6) is 4.78. The van der Waals surface area contributed by atoms with Crippen LogP contribution < -0.4 is 16.0 Å². The minimum atomic E-state index is -0.538. The number of carbonyl (C=O) groups is 2. The van der Waals surface area contributed by atoms with E-state index in [1.807, 2.05) is 72.8 Å². The van der Waals surface area contributed by atoms with Crippen molar-refractivity contribution in [2.24, 2.45) is 5.84 Å². The summed E-state index contributed by atoms with van der Waals surface area (Å²) in [6.45, 7) is 0. The number of methoxy groups -OCH3 is 1. The van der Waals surface area contributed by atoms with Gasteiger partial charge in [-0.25, -0.2) is 5.84 Å². The van der Waals surface area contributed by atoms with Crippen LogP contribution in [0.5, 0.6) is 5.75 Å². The number of ether oxygens (including phenoxy) is 1. The van der Waals surface area contributed by atoms with Crippen molar-refractivity contribution in [1.29, 1.82) is 0 Å². The van der Waals surface area contributed by atoms with Crippen molar-refractivity contribution in [3.8, 4) is 5.75 Å². The minimum Gasteiger partial charge on any atom is -0.497 e. The van der Waals surface area contributed by atoms with Crippen LogP contribution in [0, 0.1) is 0 Å². The highest BCUT2D eigenvalue weighted by atomic mass is 16.5. The summed E-state index contributed by atoms with van der Waals surface area (Å²) in [6.07, 6.45) is 0.0843. The van der Waals surface area contributed by atoms with Gasteiger partial charge in [0.1, 0.15) is 5.75 Å². The van der Waals surface area contributed by atoms with E-state index in [9.17, 15) is 9.59 Å². The molecule has 0 saturated heterocycles. The topological polar surface area (TPSA) is 81.4 Å². The molecule has 148 valence electrons. The number of hydrazine groups is 1. The van der Waals surface area contributed by atoms with Gasteiger partial charge in [0.15, 0.2) is 5.78 Å². The second kappa shape index (κ2) is 9.66. The number of hydrogen-bond acceptors (Lipinski definition) is 4. The number of nitrogens with one attached hydrogen (secondary N) is 1. The Morgan fingerprint density at radius 1 is 0.862 bits per heavy atom. The van der Waals surface area contributed by atoms with Crippen molar-refractivity contribution < 1.29 is 14.3 Å². The average molecular weight is 388 g/mol. The molecular weight excluding hydrogens is 364 g/mol. The molecule has 0 heterocycles. The van der Waals surface area contributed by atoms with Crippen LogP contribution >= 0.6 is 0 Å². The zero-order valence-corrected chi connectivity index (χ0v) is 16.2. The third-order valence-corrected chi connectivity index (χ3v) is 5.01. The zero-order chi connectivity index (χ0) is 20.6. The van der Waals surface area contributed by atoms with Gasteiger partial charge in [-0.15, -0.1) is 0 Å². The molecule has 0 aliphatic heterocycles. The number of ketones is 1. The first-order valence-corrected chi connectivity index (χ1v) is 9.41. The summed E-state index contributed by atoms with van der Waals surface area (Å²) in [5.41, 5.74) is 4.52. The molecular formula is C24H24N2O3. The summed E-state index contributed by atoms with van der Waals surface area (Å²) in [7, 11) is 1.60. The molecule has 3 aromatic rings. The lowest BCUT2D eigenvalue weighted by Crippen LogP contribution is -2.33. The molecule has 5 nitrogen and oxygen atoms in total. The van der Waals surface area contributed by atoms with Crippen molar-refractivity contribution in [1.82, 2.24) is 5.43 Å². The molecule has 2 unspecified atom stereocenters. The first-order chi connectivity index (χ1) is 14.1. The van der Waals surface area contributed by atoms with Crippen LogP contribution in [0.25, 0.3) is 0 Å². The highest BCUT2D eigenvalue weighted by Crippen LogP contribution is 2.38. The lowest BCUT2D eigenvalue weighted by molar-refractivity contribution is -0.121. The molecule has 3 aromatic carbocycles. The molecule has 29 heavy (non-hydrogen) atoms. The number of benzene rings is 3. The van der Waals surface area contributed by atoms with Crippen LogP contribution in [0.4, 0.5) is 0 Å². The maximum absolute atomic E-state index is 13.6. The van der Waals surface area contributed by atoms with Gasteiger partial charge in [0.2, 0.25) is 5.91 Å². The monoisotopic (exact) mass is 388 g/mol. The summed E-state index contributed by atoms with van der Waals surface area (Å²) in [6, 6.07) is 26.1. The molecule has 0 bridgehead atoms. The number of carbonyl (C=O) groups excluding carboxylic acids is 2. The smallest absolute Gasteiger partial charge is 0.234 e. The normalized spacial score (nSPS) is 12.6. The molecule has 0 aliphatic carbocycles. The molecule has 0 aromatic heterocycles. The van der Waals surface area contributed by atoms with E-state index in [-0.39, 0.29) is 24.0 Å². The molecule has 2 atom stereocenters. The van der Waals surface area contributed by atoms with Crippen molar-refractivity contribution in [3.63, 3.8) is 0 Å². The van der Waals surface area contributed by atoms with Crippen molar-refractivity contribution in [3.05, 3.63) is 102 Å². The summed E-state index contributed by atoms with van der Waals surface area (Å²) in [4.78, 5) is 25.8. The molecule has 0 spiro atoms. The van der Waals surface area contributed by atoms with Gasteiger partial charge in [0.25, 0.3) is 0 Å². The Morgan fingerprint density at radius 2 is 1.45 bits per heavy atom. The average Bonchev–Trinajstić information content (AvgIpc) is 2.79. The lowest BCUT2D eigenvalue weighted by Gasteiger charge is -2.27. The van der Waals surface area contributed by atoms with Crippen LogP contribution in [-0.2, 0) is 4.79 Å². The Balaban J connectivity index is 2.10. The van der Waals surface area contributed by atoms with Gasteiger partial charge in [-0.05, 0) is 23.3 Å². The van der Waals surface area contributed by atoms with Crippen molar-refractivity contribution in [2.75, 3.05) is 7.11 Å². The van der Waals surface area contributed by atoms with Crippen LogP contribution in [0.3, 0.4) is 0 Å². The highest BCUT2D eigenvalue weighted by molar-refractivity contribution is 6.02. The highest BCUT2D eigenvalue weighted by Gasteiger charge is 2.33.